The van der Waals surface area contributed by atoms with Crippen molar-refractivity contribution in [3.05, 3.63) is 74.8 Å². The van der Waals surface area contributed by atoms with Crippen molar-refractivity contribution >= 4 is 23.1 Å². The van der Waals surface area contributed by atoms with Crippen LogP contribution in [0.1, 0.15) is 36.6 Å². The number of aliphatic hydroxyl groups excluding tert-OH is 1. The van der Waals surface area contributed by atoms with Crippen molar-refractivity contribution in [2.75, 3.05) is 27.2 Å². The number of ketones is 1. The highest BCUT2D eigenvalue weighted by atomic mass is 16.6. The van der Waals surface area contributed by atoms with Crippen LogP contribution in [-0.4, -0.2) is 64.8 Å². The number of carbonyl (C=O) groups is 2. The molecule has 0 spiro atoms. The maximum absolute atomic E-state index is 13.1. The van der Waals surface area contributed by atoms with Gasteiger partial charge in [-0.2, -0.15) is 0 Å². The summed E-state index contributed by atoms with van der Waals surface area (Å²) >= 11 is 0. The van der Waals surface area contributed by atoms with E-state index in [-0.39, 0.29) is 29.7 Å². The number of hydrogen-bond acceptors (Lipinski definition) is 7. The Bertz CT molecular complexity index is 1140. The van der Waals surface area contributed by atoms with Crippen LogP contribution in [0.5, 0.6) is 5.75 Å². The molecule has 34 heavy (non-hydrogen) atoms. The predicted molar refractivity (Wildman–Crippen MR) is 128 cm³/mol. The maximum atomic E-state index is 13.1. The first-order valence-electron chi connectivity index (χ1n) is 11.0. The van der Waals surface area contributed by atoms with Gasteiger partial charge in [-0.3, -0.25) is 19.7 Å². The molecule has 9 nitrogen and oxygen atoms in total. The normalized spacial score (nSPS) is 17.6. The number of likely N-dealkylation sites (tertiary alicyclic amines) is 1. The SMILES string of the molecule is Cc1cc(C(O)=C2C(=O)C(=O)N(CCN(C)C)[C@@H]2c2ccc([N+](=O)[O-])cc2)ccc1OC(C)C. The number of aliphatic hydroxyl groups is 1. The Morgan fingerprint density at radius 2 is 1.82 bits per heavy atom. The summed E-state index contributed by atoms with van der Waals surface area (Å²) < 4.78 is 5.75. The number of Topliss-reactive ketones (excluding diaryl/α,β-unsaturated/α-hetero) is 1. The molecule has 180 valence electrons. The number of hydrogen-bond donors (Lipinski definition) is 1. The number of benzene rings is 2. The molecule has 0 aromatic heterocycles. The first-order chi connectivity index (χ1) is 16.0. The van der Waals surface area contributed by atoms with E-state index in [0.717, 1.165) is 5.56 Å². The minimum atomic E-state index is -0.868. The molecule has 0 bridgehead atoms. The molecule has 1 atom stereocenters. The molecular formula is C25H29N3O6. The topological polar surface area (TPSA) is 113 Å². The molecule has 2 aromatic carbocycles. The average molecular weight is 468 g/mol. The highest BCUT2D eigenvalue weighted by molar-refractivity contribution is 6.46. The maximum Gasteiger partial charge on any atom is 0.295 e. The van der Waals surface area contributed by atoms with Gasteiger partial charge in [-0.25, -0.2) is 0 Å². The Morgan fingerprint density at radius 3 is 2.35 bits per heavy atom. The van der Waals surface area contributed by atoms with Crippen molar-refractivity contribution in [1.29, 1.82) is 0 Å². The van der Waals surface area contributed by atoms with Gasteiger partial charge in [0.2, 0.25) is 0 Å². The lowest BCUT2D eigenvalue weighted by atomic mass is 9.94. The second-order valence-corrected chi connectivity index (χ2v) is 8.79. The van der Waals surface area contributed by atoms with E-state index in [0.29, 0.717) is 23.4 Å². The van der Waals surface area contributed by atoms with Crippen molar-refractivity contribution < 1.29 is 24.4 Å². The number of carbonyl (C=O) groups excluding carboxylic acids is 2. The van der Waals surface area contributed by atoms with Crippen LogP contribution in [0.3, 0.4) is 0 Å². The van der Waals surface area contributed by atoms with E-state index >= 15 is 0 Å². The summed E-state index contributed by atoms with van der Waals surface area (Å²) in [6, 6.07) is 9.85. The monoisotopic (exact) mass is 467 g/mol. The number of nitrogens with zero attached hydrogens (tertiary/aromatic N) is 3. The molecule has 1 aliphatic rings. The first kappa shape index (κ1) is 24.9. The zero-order valence-corrected chi connectivity index (χ0v) is 19.9. The third-order valence-electron chi connectivity index (χ3n) is 5.56. The van der Waals surface area contributed by atoms with E-state index in [9.17, 15) is 24.8 Å². The van der Waals surface area contributed by atoms with Crippen molar-refractivity contribution in [2.24, 2.45) is 0 Å². The van der Waals surface area contributed by atoms with Gasteiger partial charge in [0.15, 0.2) is 0 Å². The van der Waals surface area contributed by atoms with Crippen LogP contribution in [0.15, 0.2) is 48.0 Å². The van der Waals surface area contributed by atoms with Crippen LogP contribution in [-0.2, 0) is 9.59 Å². The van der Waals surface area contributed by atoms with Gasteiger partial charge in [-0.15, -0.1) is 0 Å². The number of amides is 1. The number of ether oxygens (including phenoxy) is 1. The molecule has 1 N–H and O–H groups in total. The third kappa shape index (κ3) is 5.09. The van der Waals surface area contributed by atoms with Gasteiger partial charge in [0, 0.05) is 30.8 Å². The number of rotatable bonds is 8. The van der Waals surface area contributed by atoms with Crippen LogP contribution in [0.25, 0.3) is 5.76 Å². The molecule has 1 fully saturated rings. The lowest BCUT2D eigenvalue weighted by Gasteiger charge is -2.26. The summed E-state index contributed by atoms with van der Waals surface area (Å²) in [5, 5.41) is 22.3. The van der Waals surface area contributed by atoms with Crippen molar-refractivity contribution in [3.63, 3.8) is 0 Å². The fraction of sp³-hybridized carbons (Fsp3) is 0.360. The van der Waals surface area contributed by atoms with Crippen LogP contribution in [0, 0.1) is 17.0 Å². The van der Waals surface area contributed by atoms with Crippen LogP contribution in [0.2, 0.25) is 0 Å². The second-order valence-electron chi connectivity index (χ2n) is 8.79. The molecule has 1 saturated heterocycles. The van der Waals surface area contributed by atoms with Crippen molar-refractivity contribution in [1.82, 2.24) is 9.80 Å². The van der Waals surface area contributed by atoms with Crippen LogP contribution < -0.4 is 4.74 Å². The Kier molecular flexibility index (Phi) is 7.36. The quantitative estimate of drug-likeness (QED) is 0.207. The van der Waals surface area contributed by atoms with Gasteiger partial charge in [0.05, 0.1) is 22.6 Å². The summed E-state index contributed by atoms with van der Waals surface area (Å²) in [7, 11) is 3.70. The van der Waals surface area contributed by atoms with E-state index in [1.807, 2.05) is 39.8 Å². The molecule has 3 rings (SSSR count). The van der Waals surface area contributed by atoms with Crippen molar-refractivity contribution in [3.8, 4) is 5.75 Å². The van der Waals surface area contributed by atoms with E-state index in [1.54, 1.807) is 18.2 Å². The molecule has 1 aliphatic heterocycles. The smallest absolute Gasteiger partial charge is 0.295 e. The lowest BCUT2D eigenvalue weighted by Crippen LogP contribution is -2.35. The Balaban J connectivity index is 2.12. The van der Waals surface area contributed by atoms with Crippen LogP contribution in [0.4, 0.5) is 5.69 Å². The lowest BCUT2D eigenvalue weighted by molar-refractivity contribution is -0.384. The Morgan fingerprint density at radius 1 is 1.18 bits per heavy atom. The van der Waals surface area contributed by atoms with E-state index in [1.165, 1.54) is 29.2 Å². The van der Waals surface area contributed by atoms with Gasteiger partial charge in [0.1, 0.15) is 11.5 Å². The molecule has 1 heterocycles. The molecule has 0 radical (unpaired) electrons. The molecule has 1 amide bonds. The van der Waals surface area contributed by atoms with E-state index < -0.39 is 22.7 Å². The molecule has 9 heteroatoms. The fourth-order valence-electron chi connectivity index (χ4n) is 3.88. The zero-order valence-electron chi connectivity index (χ0n) is 19.9. The number of non-ortho nitro benzene ring substituents is 1. The molecule has 2 aromatic rings. The number of likely N-dealkylation sites (N-methyl/N-ethyl adjacent to an activating group) is 1. The summed E-state index contributed by atoms with van der Waals surface area (Å²) in [5.41, 5.74) is 1.50. The van der Waals surface area contributed by atoms with Gasteiger partial charge in [-0.05, 0) is 76.3 Å². The average Bonchev–Trinajstić information content (AvgIpc) is 3.03. The van der Waals surface area contributed by atoms with Gasteiger partial charge >= 0.3 is 0 Å². The zero-order chi connectivity index (χ0) is 25.2. The van der Waals surface area contributed by atoms with Gasteiger partial charge in [0.25, 0.3) is 17.4 Å². The molecule has 0 saturated carbocycles. The fourth-order valence-corrected chi connectivity index (χ4v) is 3.88. The second kappa shape index (κ2) is 10.0. The summed E-state index contributed by atoms with van der Waals surface area (Å²) in [4.78, 5) is 39.9. The third-order valence-corrected chi connectivity index (χ3v) is 5.56. The molecule has 0 unspecified atom stereocenters. The number of nitro groups is 1. The molecule has 0 aliphatic carbocycles. The van der Waals surface area contributed by atoms with E-state index in [4.69, 9.17) is 4.74 Å². The highest BCUT2D eigenvalue weighted by Gasteiger charge is 2.46. The van der Waals surface area contributed by atoms with Gasteiger partial charge in [-0.1, -0.05) is 0 Å². The first-order valence-corrected chi connectivity index (χ1v) is 11.0. The number of aryl methyl sites for hydroxylation is 1. The predicted octanol–water partition coefficient (Wildman–Crippen LogP) is 3.67. The summed E-state index contributed by atoms with van der Waals surface area (Å²) in [6.45, 7) is 6.39. The van der Waals surface area contributed by atoms with Gasteiger partial charge < -0.3 is 19.6 Å². The molecular weight excluding hydrogens is 438 g/mol. The summed E-state index contributed by atoms with van der Waals surface area (Å²) in [6.07, 6.45) is -0.0256. The minimum absolute atomic E-state index is 0.0256. The standard InChI is InChI=1S/C25H29N3O6/c1-15(2)34-20-11-8-18(14-16(20)3)23(29)21-22(17-6-9-19(10-7-17)28(32)33)27(13-12-26(4)5)25(31)24(21)30/h6-11,14-15,22,29H,12-13H2,1-5H3/t22-/m1/s1. The largest absolute Gasteiger partial charge is 0.507 e. The van der Waals surface area contributed by atoms with E-state index in [2.05, 4.69) is 0 Å². The summed E-state index contributed by atoms with van der Waals surface area (Å²) in [5.74, 6) is -1.15. The Labute approximate surface area is 198 Å². The minimum Gasteiger partial charge on any atom is -0.507 e. The van der Waals surface area contributed by atoms with Crippen LogP contribution >= 0.6 is 0 Å². The number of nitro benzene ring substituents is 1. The highest BCUT2D eigenvalue weighted by Crippen LogP contribution is 2.40. The Hall–Kier alpha value is -3.72. The van der Waals surface area contributed by atoms with Crippen molar-refractivity contribution in [2.45, 2.75) is 32.9 Å².